The molecule has 0 aliphatic heterocycles. The first-order valence-corrected chi connectivity index (χ1v) is 4.25. The molecule has 0 unspecified atom stereocenters. The third-order valence-electron chi connectivity index (χ3n) is 1.81. The Bertz CT molecular complexity index is 352. The van der Waals surface area contributed by atoms with Crippen LogP contribution in [0.3, 0.4) is 0 Å². The van der Waals surface area contributed by atoms with Crippen LogP contribution < -0.4 is 5.73 Å². The van der Waals surface area contributed by atoms with Crippen molar-refractivity contribution < 1.29 is 9.18 Å². The van der Waals surface area contributed by atoms with Crippen LogP contribution in [0.4, 0.5) is 10.1 Å². The molecule has 0 spiro atoms. The number of halogens is 2. The second-order valence-corrected chi connectivity index (χ2v) is 2.98. The minimum Gasteiger partial charge on any atom is -0.398 e. The van der Waals surface area contributed by atoms with Crippen LogP contribution in [0.1, 0.15) is 15.9 Å². The predicted octanol–water partition coefficient (Wildman–Crippen LogP) is 2.14. The summed E-state index contributed by atoms with van der Waals surface area (Å²) in [6, 6.07) is 2.74. The summed E-state index contributed by atoms with van der Waals surface area (Å²) in [4.78, 5) is 11.2. The van der Waals surface area contributed by atoms with Crippen molar-refractivity contribution in [1.82, 2.24) is 0 Å². The maximum Gasteiger partial charge on any atom is 0.182 e. The maximum absolute atomic E-state index is 13.1. The molecule has 0 atom stereocenters. The topological polar surface area (TPSA) is 43.1 Å². The van der Waals surface area contributed by atoms with E-state index in [4.69, 9.17) is 17.3 Å². The number of anilines is 1. The highest BCUT2D eigenvalue weighted by atomic mass is 35.5. The number of ketones is 1. The lowest BCUT2D eigenvalue weighted by Crippen LogP contribution is -2.09. The lowest BCUT2D eigenvalue weighted by Gasteiger charge is -2.06. The van der Waals surface area contributed by atoms with Crippen molar-refractivity contribution in [3.8, 4) is 0 Å². The van der Waals surface area contributed by atoms with Crippen molar-refractivity contribution in [3.63, 3.8) is 0 Å². The van der Waals surface area contributed by atoms with Gasteiger partial charge in [0.05, 0.1) is 11.4 Å². The minimum absolute atomic E-state index is 0.102. The molecule has 0 radical (unpaired) electrons. The smallest absolute Gasteiger partial charge is 0.182 e. The average molecular weight is 202 g/mol. The molecule has 1 aromatic rings. The highest BCUT2D eigenvalue weighted by Gasteiger charge is 2.15. The number of nitrogen functional groups attached to an aromatic ring is 1. The van der Waals surface area contributed by atoms with Crippen molar-refractivity contribution in [1.29, 1.82) is 0 Å². The summed E-state index contributed by atoms with van der Waals surface area (Å²) in [5, 5.41) is 0. The van der Waals surface area contributed by atoms with E-state index in [1.807, 2.05) is 0 Å². The number of alkyl halides is 1. The zero-order valence-corrected chi connectivity index (χ0v) is 7.86. The van der Waals surface area contributed by atoms with Crippen molar-refractivity contribution in [2.24, 2.45) is 0 Å². The van der Waals surface area contributed by atoms with Gasteiger partial charge in [-0.25, -0.2) is 4.39 Å². The van der Waals surface area contributed by atoms with Crippen molar-refractivity contribution in [2.75, 3.05) is 11.6 Å². The Morgan fingerprint density at radius 2 is 2.23 bits per heavy atom. The number of aryl methyl sites for hydroxylation is 1. The van der Waals surface area contributed by atoms with E-state index < -0.39 is 11.6 Å². The summed E-state index contributed by atoms with van der Waals surface area (Å²) < 4.78 is 13.1. The molecule has 1 rings (SSSR count). The van der Waals surface area contributed by atoms with E-state index in [0.717, 1.165) is 0 Å². The van der Waals surface area contributed by atoms with Gasteiger partial charge in [0.2, 0.25) is 0 Å². The summed E-state index contributed by atoms with van der Waals surface area (Å²) >= 11 is 5.31. The third kappa shape index (κ3) is 1.80. The molecule has 2 nitrogen and oxygen atoms in total. The van der Waals surface area contributed by atoms with Crippen molar-refractivity contribution in [2.45, 2.75) is 6.92 Å². The normalized spacial score (nSPS) is 10.1. The Morgan fingerprint density at radius 1 is 1.62 bits per heavy atom. The predicted molar refractivity (Wildman–Crippen MR) is 50.6 cm³/mol. The van der Waals surface area contributed by atoms with Crippen LogP contribution in [0, 0.1) is 12.7 Å². The fourth-order valence-corrected chi connectivity index (χ4v) is 1.18. The molecule has 0 bridgehead atoms. The quantitative estimate of drug-likeness (QED) is 0.453. The molecular formula is C9H9ClFNO. The number of Topliss-reactive ketones (excluding diaryl/α,β-unsaturated/α-hetero) is 1. The van der Waals surface area contributed by atoms with E-state index in [0.29, 0.717) is 5.56 Å². The van der Waals surface area contributed by atoms with Crippen LogP contribution >= 0.6 is 11.6 Å². The Balaban J connectivity index is 3.33. The monoisotopic (exact) mass is 201 g/mol. The fraction of sp³-hybridized carbons (Fsp3) is 0.222. The van der Waals surface area contributed by atoms with Gasteiger partial charge in [0.15, 0.2) is 5.78 Å². The van der Waals surface area contributed by atoms with E-state index >= 15 is 0 Å². The standard InChI is InChI=1S/C9H9ClFNO/c1-5-2-3-6(11)8(9(5)12)7(13)4-10/h2-3H,4,12H2,1H3. The summed E-state index contributed by atoms with van der Waals surface area (Å²) in [5.41, 5.74) is 6.29. The van der Waals surface area contributed by atoms with Gasteiger partial charge in [-0.15, -0.1) is 11.6 Å². The number of benzene rings is 1. The lowest BCUT2D eigenvalue weighted by molar-refractivity contribution is 0.101. The van der Waals surface area contributed by atoms with E-state index in [1.165, 1.54) is 12.1 Å². The van der Waals surface area contributed by atoms with Crippen LogP contribution in [-0.2, 0) is 0 Å². The van der Waals surface area contributed by atoms with E-state index in [2.05, 4.69) is 0 Å². The molecule has 0 fully saturated rings. The first-order valence-electron chi connectivity index (χ1n) is 3.71. The average Bonchev–Trinajstić information content (AvgIpc) is 2.12. The van der Waals surface area contributed by atoms with Gasteiger partial charge in [0.25, 0.3) is 0 Å². The molecule has 0 saturated heterocycles. The Labute approximate surface area is 80.5 Å². The zero-order valence-electron chi connectivity index (χ0n) is 7.10. The van der Waals surface area contributed by atoms with Crippen LogP contribution in [0.2, 0.25) is 0 Å². The fourth-order valence-electron chi connectivity index (χ4n) is 1.05. The number of hydrogen-bond acceptors (Lipinski definition) is 2. The van der Waals surface area contributed by atoms with E-state index in [9.17, 15) is 9.18 Å². The SMILES string of the molecule is Cc1ccc(F)c(C(=O)CCl)c1N. The summed E-state index contributed by atoms with van der Waals surface area (Å²) in [5.74, 6) is -1.36. The second-order valence-electron chi connectivity index (χ2n) is 2.71. The van der Waals surface area contributed by atoms with Crippen LogP contribution in [-0.4, -0.2) is 11.7 Å². The summed E-state index contributed by atoms with van der Waals surface area (Å²) in [7, 11) is 0. The lowest BCUT2D eigenvalue weighted by atomic mass is 10.0. The van der Waals surface area contributed by atoms with E-state index in [-0.39, 0.29) is 17.1 Å². The number of hydrogen-bond donors (Lipinski definition) is 1. The molecule has 2 N–H and O–H groups in total. The Morgan fingerprint density at radius 3 is 2.77 bits per heavy atom. The number of carbonyl (C=O) groups excluding carboxylic acids is 1. The molecule has 0 aromatic heterocycles. The number of carbonyl (C=O) groups is 1. The minimum atomic E-state index is -0.617. The summed E-state index contributed by atoms with van der Waals surface area (Å²) in [6.07, 6.45) is 0. The Kier molecular flexibility index (Phi) is 2.88. The molecule has 1 aromatic carbocycles. The van der Waals surface area contributed by atoms with Gasteiger partial charge in [-0.3, -0.25) is 4.79 Å². The van der Waals surface area contributed by atoms with Crippen LogP contribution in [0.25, 0.3) is 0 Å². The van der Waals surface area contributed by atoms with Gasteiger partial charge in [0.1, 0.15) is 5.82 Å². The molecule has 0 saturated carbocycles. The molecule has 0 aliphatic rings. The van der Waals surface area contributed by atoms with Crippen LogP contribution in [0.5, 0.6) is 0 Å². The second kappa shape index (κ2) is 3.75. The zero-order chi connectivity index (χ0) is 10.0. The molecule has 4 heteroatoms. The summed E-state index contributed by atoms with van der Waals surface area (Å²) in [6.45, 7) is 1.71. The van der Waals surface area contributed by atoms with E-state index in [1.54, 1.807) is 6.92 Å². The van der Waals surface area contributed by atoms with Gasteiger partial charge in [-0.2, -0.15) is 0 Å². The third-order valence-corrected chi connectivity index (χ3v) is 2.06. The van der Waals surface area contributed by atoms with Crippen molar-refractivity contribution in [3.05, 3.63) is 29.1 Å². The number of nitrogens with two attached hydrogens (primary N) is 1. The number of rotatable bonds is 2. The first-order chi connectivity index (χ1) is 6.07. The van der Waals surface area contributed by atoms with Gasteiger partial charge in [-0.05, 0) is 18.6 Å². The largest absolute Gasteiger partial charge is 0.398 e. The van der Waals surface area contributed by atoms with Crippen LogP contribution in [0.15, 0.2) is 12.1 Å². The maximum atomic E-state index is 13.1. The van der Waals surface area contributed by atoms with Gasteiger partial charge in [-0.1, -0.05) is 6.07 Å². The molecule has 0 amide bonds. The van der Waals surface area contributed by atoms with Crippen molar-refractivity contribution >= 4 is 23.1 Å². The van der Waals surface area contributed by atoms with Gasteiger partial charge < -0.3 is 5.73 Å². The molecule has 0 aliphatic carbocycles. The Hall–Kier alpha value is -1.09. The van der Waals surface area contributed by atoms with Gasteiger partial charge >= 0.3 is 0 Å². The first kappa shape index (κ1) is 9.99. The molecule has 13 heavy (non-hydrogen) atoms. The molecule has 0 heterocycles. The molecule has 70 valence electrons. The van der Waals surface area contributed by atoms with Gasteiger partial charge in [0, 0.05) is 5.69 Å². The highest BCUT2D eigenvalue weighted by Crippen LogP contribution is 2.20. The molecular weight excluding hydrogens is 193 g/mol. The highest BCUT2D eigenvalue weighted by molar-refractivity contribution is 6.31.